The number of aryl methyl sites for hydroxylation is 1. The summed E-state index contributed by atoms with van der Waals surface area (Å²) in [7, 11) is 1.61. The van der Waals surface area contributed by atoms with E-state index in [1.807, 2.05) is 30.0 Å². The molecule has 1 aromatic rings. The number of thioether (sulfide) groups is 1. The van der Waals surface area contributed by atoms with Gasteiger partial charge in [-0.15, -0.1) is 0 Å². The van der Waals surface area contributed by atoms with Gasteiger partial charge in [0, 0.05) is 17.9 Å². The fourth-order valence-electron chi connectivity index (χ4n) is 1.68. The van der Waals surface area contributed by atoms with Crippen LogP contribution < -0.4 is 9.47 Å². The summed E-state index contributed by atoms with van der Waals surface area (Å²) in [6, 6.07) is 5.59. The molecule has 98 valence electrons. The van der Waals surface area contributed by atoms with Crippen LogP contribution in [-0.4, -0.2) is 35.8 Å². The summed E-state index contributed by atoms with van der Waals surface area (Å²) in [4.78, 5) is 10.6. The summed E-state index contributed by atoms with van der Waals surface area (Å²) >= 11 is 1.85. The van der Waals surface area contributed by atoms with E-state index in [0.717, 1.165) is 17.1 Å². The minimum absolute atomic E-state index is 0.130. The van der Waals surface area contributed by atoms with Gasteiger partial charge in [0.05, 0.1) is 7.11 Å². The maximum atomic E-state index is 10.6. The molecule has 1 fully saturated rings. The van der Waals surface area contributed by atoms with Gasteiger partial charge in [0.15, 0.2) is 11.5 Å². The van der Waals surface area contributed by atoms with Crippen molar-refractivity contribution in [3.63, 3.8) is 0 Å². The largest absolute Gasteiger partial charge is 0.493 e. The zero-order valence-electron chi connectivity index (χ0n) is 10.2. The third-order valence-electron chi connectivity index (χ3n) is 2.76. The Morgan fingerprint density at radius 3 is 2.78 bits per heavy atom. The average Bonchev–Trinajstić information content (AvgIpc) is 2.31. The van der Waals surface area contributed by atoms with Gasteiger partial charge >= 0.3 is 5.97 Å². The van der Waals surface area contributed by atoms with E-state index in [4.69, 9.17) is 14.6 Å². The van der Waals surface area contributed by atoms with Crippen LogP contribution in [0.3, 0.4) is 0 Å². The van der Waals surface area contributed by atoms with Gasteiger partial charge in [0.2, 0.25) is 0 Å². The van der Waals surface area contributed by atoms with Crippen molar-refractivity contribution in [1.29, 1.82) is 0 Å². The van der Waals surface area contributed by atoms with Gasteiger partial charge in [-0.3, -0.25) is 4.79 Å². The van der Waals surface area contributed by atoms with Crippen LogP contribution in [0.2, 0.25) is 0 Å². The SMILES string of the molecule is COc1ccc(CCC(=O)O)cc1OC1CSC1. The molecule has 5 heteroatoms. The Labute approximate surface area is 110 Å². The predicted octanol–water partition coefficient (Wildman–Crippen LogP) is 2.21. The van der Waals surface area contributed by atoms with Crippen molar-refractivity contribution in [1.82, 2.24) is 0 Å². The fourth-order valence-corrected chi connectivity index (χ4v) is 2.25. The number of hydrogen-bond donors (Lipinski definition) is 1. The lowest BCUT2D eigenvalue weighted by Gasteiger charge is -2.26. The highest BCUT2D eigenvalue weighted by molar-refractivity contribution is 8.00. The Bertz CT molecular complexity index is 429. The summed E-state index contributed by atoms with van der Waals surface area (Å²) in [5.74, 6) is 2.63. The highest BCUT2D eigenvalue weighted by atomic mass is 32.2. The number of aliphatic carboxylic acids is 1. The lowest BCUT2D eigenvalue weighted by atomic mass is 10.1. The van der Waals surface area contributed by atoms with E-state index in [-0.39, 0.29) is 12.5 Å². The molecule has 0 amide bonds. The van der Waals surface area contributed by atoms with E-state index in [1.54, 1.807) is 7.11 Å². The van der Waals surface area contributed by atoms with Gasteiger partial charge in [0.25, 0.3) is 0 Å². The number of carboxylic acid groups (broad SMARTS) is 1. The van der Waals surface area contributed by atoms with Gasteiger partial charge in [0.1, 0.15) is 6.10 Å². The molecule has 4 nitrogen and oxygen atoms in total. The highest BCUT2D eigenvalue weighted by Crippen LogP contribution is 2.32. The molecular weight excluding hydrogens is 252 g/mol. The third-order valence-corrected chi connectivity index (χ3v) is 3.97. The molecule has 0 aliphatic carbocycles. The molecule has 0 radical (unpaired) electrons. The minimum atomic E-state index is -0.788. The lowest BCUT2D eigenvalue weighted by Crippen LogP contribution is -2.31. The normalized spacial score (nSPS) is 14.9. The minimum Gasteiger partial charge on any atom is -0.493 e. The van der Waals surface area contributed by atoms with Gasteiger partial charge in [-0.1, -0.05) is 6.07 Å². The Morgan fingerprint density at radius 1 is 1.44 bits per heavy atom. The summed E-state index contributed by atoms with van der Waals surface area (Å²) in [5, 5.41) is 8.68. The molecule has 0 unspecified atom stereocenters. The van der Waals surface area contributed by atoms with Gasteiger partial charge in [-0.25, -0.2) is 0 Å². The van der Waals surface area contributed by atoms with Gasteiger partial charge in [-0.05, 0) is 24.1 Å². The van der Waals surface area contributed by atoms with E-state index in [0.29, 0.717) is 17.9 Å². The van der Waals surface area contributed by atoms with Crippen molar-refractivity contribution < 1.29 is 19.4 Å². The first-order valence-corrected chi connectivity index (χ1v) is 6.97. The van der Waals surface area contributed by atoms with Crippen LogP contribution in [0.5, 0.6) is 11.5 Å². The van der Waals surface area contributed by atoms with Crippen LogP contribution in [0.4, 0.5) is 0 Å². The van der Waals surface area contributed by atoms with E-state index >= 15 is 0 Å². The van der Waals surface area contributed by atoms with Crippen LogP contribution in [0.15, 0.2) is 18.2 Å². The second kappa shape index (κ2) is 6.00. The van der Waals surface area contributed by atoms with Crippen LogP contribution in [-0.2, 0) is 11.2 Å². The molecule has 1 heterocycles. The summed E-state index contributed by atoms with van der Waals surface area (Å²) in [5.41, 5.74) is 0.958. The van der Waals surface area contributed by atoms with Crippen LogP contribution in [0, 0.1) is 0 Å². The average molecular weight is 268 g/mol. The molecular formula is C13H16O4S. The maximum Gasteiger partial charge on any atom is 0.303 e. The van der Waals surface area contributed by atoms with Gasteiger partial charge in [-0.2, -0.15) is 11.8 Å². The molecule has 1 saturated heterocycles. The van der Waals surface area contributed by atoms with E-state index in [2.05, 4.69) is 0 Å². The number of carboxylic acids is 1. The summed E-state index contributed by atoms with van der Waals surface area (Å²) < 4.78 is 11.1. The number of methoxy groups -OCH3 is 1. The molecule has 1 aliphatic heterocycles. The molecule has 0 spiro atoms. The highest BCUT2D eigenvalue weighted by Gasteiger charge is 2.21. The van der Waals surface area contributed by atoms with Crippen molar-refractivity contribution in [3.8, 4) is 11.5 Å². The molecule has 1 N–H and O–H groups in total. The van der Waals surface area contributed by atoms with Gasteiger partial charge < -0.3 is 14.6 Å². The fraction of sp³-hybridized carbons (Fsp3) is 0.462. The van der Waals surface area contributed by atoms with E-state index in [1.165, 1.54) is 0 Å². The molecule has 18 heavy (non-hydrogen) atoms. The molecule has 0 bridgehead atoms. The number of rotatable bonds is 6. The number of carbonyl (C=O) groups is 1. The lowest BCUT2D eigenvalue weighted by molar-refractivity contribution is -0.136. The zero-order valence-corrected chi connectivity index (χ0v) is 11.0. The molecule has 1 aliphatic rings. The first-order chi connectivity index (χ1) is 8.69. The number of benzene rings is 1. The monoisotopic (exact) mass is 268 g/mol. The standard InChI is InChI=1S/C13H16O4S/c1-16-11-4-2-9(3-5-13(14)15)6-12(11)17-10-7-18-8-10/h2,4,6,10H,3,5,7-8H2,1H3,(H,14,15). The van der Waals surface area contributed by atoms with Crippen LogP contribution in [0.1, 0.15) is 12.0 Å². The maximum absolute atomic E-state index is 10.6. The number of ether oxygens (including phenoxy) is 2. The molecule has 0 saturated carbocycles. The molecule has 0 atom stereocenters. The first kappa shape index (κ1) is 13.1. The van der Waals surface area contributed by atoms with Crippen molar-refractivity contribution in [3.05, 3.63) is 23.8 Å². The molecule has 1 aromatic carbocycles. The van der Waals surface area contributed by atoms with Crippen molar-refractivity contribution in [2.45, 2.75) is 18.9 Å². The van der Waals surface area contributed by atoms with E-state index < -0.39 is 5.97 Å². The summed E-state index contributed by atoms with van der Waals surface area (Å²) in [6.07, 6.45) is 0.888. The predicted molar refractivity (Wildman–Crippen MR) is 70.7 cm³/mol. The Kier molecular flexibility index (Phi) is 4.36. The summed E-state index contributed by atoms with van der Waals surface area (Å²) in [6.45, 7) is 0. The second-order valence-electron chi connectivity index (χ2n) is 4.16. The van der Waals surface area contributed by atoms with Crippen molar-refractivity contribution in [2.75, 3.05) is 18.6 Å². The second-order valence-corrected chi connectivity index (χ2v) is 5.23. The molecule has 0 aromatic heterocycles. The van der Waals surface area contributed by atoms with Crippen molar-refractivity contribution >= 4 is 17.7 Å². The van der Waals surface area contributed by atoms with Crippen molar-refractivity contribution in [2.24, 2.45) is 0 Å². The zero-order chi connectivity index (χ0) is 13.0. The first-order valence-electron chi connectivity index (χ1n) is 5.82. The Hall–Kier alpha value is -1.36. The Morgan fingerprint density at radius 2 is 2.22 bits per heavy atom. The van der Waals surface area contributed by atoms with Crippen LogP contribution in [0.25, 0.3) is 0 Å². The third kappa shape index (κ3) is 3.32. The number of hydrogen-bond acceptors (Lipinski definition) is 4. The smallest absolute Gasteiger partial charge is 0.303 e. The van der Waals surface area contributed by atoms with E-state index in [9.17, 15) is 4.79 Å². The quantitative estimate of drug-likeness (QED) is 0.857. The Balaban J connectivity index is 2.07. The topological polar surface area (TPSA) is 55.8 Å². The van der Waals surface area contributed by atoms with Crippen LogP contribution >= 0.6 is 11.8 Å². The molecule has 2 rings (SSSR count).